The molecule has 2 nitrogen and oxygen atoms in total. The van der Waals surface area contributed by atoms with Gasteiger partial charge in [-0.1, -0.05) is 38.1 Å². The average Bonchev–Trinajstić information content (AvgIpc) is 2.45. The van der Waals surface area contributed by atoms with Crippen LogP contribution < -0.4 is 10.1 Å². The highest BCUT2D eigenvalue weighted by Gasteiger charge is 2.08. The van der Waals surface area contributed by atoms with Crippen LogP contribution in [0, 0.1) is 6.92 Å². The maximum absolute atomic E-state index is 5.96. The van der Waals surface area contributed by atoms with Crippen LogP contribution in [0.25, 0.3) is 0 Å². The molecular formula is C18H22BrNO. The summed E-state index contributed by atoms with van der Waals surface area (Å²) in [5.41, 5.74) is 3.59. The van der Waals surface area contributed by atoms with Gasteiger partial charge in [-0.15, -0.1) is 0 Å². The van der Waals surface area contributed by atoms with Gasteiger partial charge in [-0.3, -0.25) is 0 Å². The van der Waals surface area contributed by atoms with E-state index in [1.165, 1.54) is 11.1 Å². The van der Waals surface area contributed by atoms with E-state index in [-0.39, 0.29) is 0 Å². The molecule has 0 fully saturated rings. The summed E-state index contributed by atoms with van der Waals surface area (Å²) in [6, 6.07) is 14.5. The molecule has 0 heterocycles. The number of hydrogen-bond donors (Lipinski definition) is 1. The molecule has 0 aromatic heterocycles. The van der Waals surface area contributed by atoms with Crippen LogP contribution >= 0.6 is 15.9 Å². The van der Waals surface area contributed by atoms with Gasteiger partial charge in [0.2, 0.25) is 0 Å². The molecule has 2 rings (SSSR count). The number of hydrogen-bond acceptors (Lipinski definition) is 2. The van der Waals surface area contributed by atoms with Crippen LogP contribution in [-0.2, 0) is 0 Å². The van der Waals surface area contributed by atoms with Gasteiger partial charge < -0.3 is 10.1 Å². The van der Waals surface area contributed by atoms with Crippen molar-refractivity contribution >= 4 is 21.6 Å². The van der Waals surface area contributed by atoms with E-state index in [4.69, 9.17) is 4.74 Å². The maximum atomic E-state index is 5.96. The van der Waals surface area contributed by atoms with Gasteiger partial charge in [0, 0.05) is 16.7 Å². The van der Waals surface area contributed by atoms with Gasteiger partial charge >= 0.3 is 0 Å². The van der Waals surface area contributed by atoms with Crippen LogP contribution in [0.15, 0.2) is 46.9 Å². The number of aryl methyl sites for hydroxylation is 1. The molecule has 3 heteroatoms. The Bertz CT molecular complexity index is 596. The molecule has 1 N–H and O–H groups in total. The molecule has 0 bridgehead atoms. The lowest BCUT2D eigenvalue weighted by atomic mass is 10.0. The zero-order valence-electron chi connectivity index (χ0n) is 12.8. The lowest BCUT2D eigenvalue weighted by Gasteiger charge is -2.15. The molecule has 0 saturated carbocycles. The Hall–Kier alpha value is -1.48. The molecule has 0 aliphatic rings. The number of anilines is 1. The van der Waals surface area contributed by atoms with Gasteiger partial charge in [-0.05, 0) is 58.1 Å². The molecule has 0 saturated heterocycles. The van der Waals surface area contributed by atoms with Crippen molar-refractivity contribution < 1.29 is 4.74 Å². The summed E-state index contributed by atoms with van der Waals surface area (Å²) in [7, 11) is 0. The first-order valence-electron chi connectivity index (χ1n) is 7.29. The van der Waals surface area contributed by atoms with E-state index in [1.54, 1.807) is 0 Å². The summed E-state index contributed by atoms with van der Waals surface area (Å²) in [5.74, 6) is 1.47. The second kappa shape index (κ2) is 7.51. The minimum atomic E-state index is 0.469. The van der Waals surface area contributed by atoms with Crippen LogP contribution in [0.1, 0.15) is 30.9 Å². The fourth-order valence-electron chi connectivity index (χ4n) is 2.19. The Morgan fingerprint density at radius 2 is 1.90 bits per heavy atom. The Balaban J connectivity index is 1.92. The molecule has 0 amide bonds. The third-order valence-corrected chi connectivity index (χ3v) is 4.03. The SMILES string of the molecule is Cc1ccc(C(C)C)c(OCCNc2ccccc2Br)c1. The fourth-order valence-corrected chi connectivity index (χ4v) is 2.62. The predicted molar refractivity (Wildman–Crippen MR) is 93.4 cm³/mol. The Labute approximate surface area is 135 Å². The van der Waals surface area contributed by atoms with Crippen LogP contribution in [0.3, 0.4) is 0 Å². The van der Waals surface area contributed by atoms with E-state index >= 15 is 0 Å². The third-order valence-electron chi connectivity index (χ3n) is 3.34. The highest BCUT2D eigenvalue weighted by molar-refractivity contribution is 9.10. The number of para-hydroxylation sites is 1. The number of benzene rings is 2. The van der Waals surface area contributed by atoms with E-state index in [1.807, 2.05) is 18.2 Å². The summed E-state index contributed by atoms with van der Waals surface area (Å²) < 4.78 is 7.04. The molecule has 0 unspecified atom stereocenters. The van der Waals surface area contributed by atoms with Crippen LogP contribution in [-0.4, -0.2) is 13.2 Å². The predicted octanol–water partition coefficient (Wildman–Crippen LogP) is 5.37. The highest BCUT2D eigenvalue weighted by Crippen LogP contribution is 2.27. The number of ether oxygens (including phenoxy) is 1. The quantitative estimate of drug-likeness (QED) is 0.709. The fraction of sp³-hybridized carbons (Fsp3) is 0.333. The summed E-state index contributed by atoms with van der Waals surface area (Å²) in [4.78, 5) is 0. The van der Waals surface area contributed by atoms with Crippen molar-refractivity contribution in [3.63, 3.8) is 0 Å². The van der Waals surface area contributed by atoms with Gasteiger partial charge in [0.1, 0.15) is 12.4 Å². The first-order valence-corrected chi connectivity index (χ1v) is 8.09. The van der Waals surface area contributed by atoms with Crippen LogP contribution in [0.2, 0.25) is 0 Å². The third kappa shape index (κ3) is 4.50. The molecule has 0 atom stereocenters. The molecular weight excluding hydrogens is 326 g/mol. The largest absolute Gasteiger partial charge is 0.491 e. The minimum absolute atomic E-state index is 0.469. The van der Waals surface area contributed by atoms with Gasteiger partial charge in [0.05, 0.1) is 0 Å². The van der Waals surface area contributed by atoms with Crippen molar-refractivity contribution in [2.45, 2.75) is 26.7 Å². The molecule has 0 spiro atoms. The minimum Gasteiger partial charge on any atom is -0.491 e. The molecule has 21 heavy (non-hydrogen) atoms. The number of halogens is 1. The van der Waals surface area contributed by atoms with Crippen molar-refractivity contribution in [2.24, 2.45) is 0 Å². The van der Waals surface area contributed by atoms with Crippen molar-refractivity contribution in [1.82, 2.24) is 0 Å². The average molecular weight is 348 g/mol. The zero-order chi connectivity index (χ0) is 15.2. The Morgan fingerprint density at radius 1 is 1.14 bits per heavy atom. The summed E-state index contributed by atoms with van der Waals surface area (Å²) in [5, 5.41) is 3.37. The zero-order valence-corrected chi connectivity index (χ0v) is 14.4. The first-order chi connectivity index (χ1) is 10.1. The highest BCUT2D eigenvalue weighted by atomic mass is 79.9. The number of nitrogens with one attached hydrogen (secondary N) is 1. The molecule has 112 valence electrons. The van der Waals surface area contributed by atoms with Gasteiger partial charge in [-0.2, -0.15) is 0 Å². The normalized spacial score (nSPS) is 10.7. The summed E-state index contributed by atoms with van der Waals surface area (Å²) in [6.45, 7) is 7.89. The molecule has 0 aliphatic carbocycles. The van der Waals surface area contributed by atoms with Gasteiger partial charge in [0.25, 0.3) is 0 Å². The van der Waals surface area contributed by atoms with Crippen molar-refractivity contribution in [3.8, 4) is 5.75 Å². The van der Waals surface area contributed by atoms with Crippen molar-refractivity contribution in [2.75, 3.05) is 18.5 Å². The topological polar surface area (TPSA) is 21.3 Å². The van der Waals surface area contributed by atoms with Gasteiger partial charge in [0.15, 0.2) is 0 Å². The second-order valence-electron chi connectivity index (χ2n) is 5.45. The van der Waals surface area contributed by atoms with E-state index in [2.05, 4.69) is 66.3 Å². The van der Waals surface area contributed by atoms with Gasteiger partial charge in [-0.25, -0.2) is 0 Å². The Kier molecular flexibility index (Phi) is 5.68. The summed E-state index contributed by atoms with van der Waals surface area (Å²) in [6.07, 6.45) is 0. The molecule has 0 radical (unpaired) electrons. The Morgan fingerprint density at radius 3 is 2.62 bits per heavy atom. The summed E-state index contributed by atoms with van der Waals surface area (Å²) >= 11 is 3.53. The van der Waals surface area contributed by atoms with E-state index in [0.717, 1.165) is 22.5 Å². The van der Waals surface area contributed by atoms with Crippen LogP contribution in [0.4, 0.5) is 5.69 Å². The van der Waals surface area contributed by atoms with Crippen molar-refractivity contribution in [1.29, 1.82) is 0 Å². The lowest BCUT2D eigenvalue weighted by Crippen LogP contribution is -2.12. The standard InChI is InChI=1S/C18H22BrNO/c1-13(2)15-9-8-14(3)12-18(15)21-11-10-20-17-7-5-4-6-16(17)19/h4-9,12-13,20H,10-11H2,1-3H3. The lowest BCUT2D eigenvalue weighted by molar-refractivity contribution is 0.328. The number of rotatable bonds is 6. The second-order valence-corrected chi connectivity index (χ2v) is 6.31. The molecule has 0 aliphatic heterocycles. The first kappa shape index (κ1) is 15.9. The molecule has 2 aromatic carbocycles. The monoisotopic (exact) mass is 347 g/mol. The molecule has 2 aromatic rings. The maximum Gasteiger partial charge on any atom is 0.123 e. The van der Waals surface area contributed by atoms with E-state index < -0.39 is 0 Å². The smallest absolute Gasteiger partial charge is 0.123 e. The van der Waals surface area contributed by atoms with Crippen molar-refractivity contribution in [3.05, 3.63) is 58.1 Å². The van der Waals surface area contributed by atoms with E-state index in [0.29, 0.717) is 12.5 Å². The van der Waals surface area contributed by atoms with Crippen LogP contribution in [0.5, 0.6) is 5.75 Å². The van der Waals surface area contributed by atoms with E-state index in [9.17, 15) is 0 Å².